The van der Waals surface area contributed by atoms with Crippen LogP contribution in [0.25, 0.3) is 0 Å². The largest absolute Gasteiger partial charge is 0.480 e. The van der Waals surface area contributed by atoms with Crippen molar-refractivity contribution in [2.75, 3.05) is 0 Å². The third-order valence-corrected chi connectivity index (χ3v) is 5.23. The van der Waals surface area contributed by atoms with Crippen LogP contribution in [-0.4, -0.2) is 32.3 Å². The van der Waals surface area contributed by atoms with Gasteiger partial charge >= 0.3 is 5.97 Å². The van der Waals surface area contributed by atoms with Crippen LogP contribution in [0.1, 0.15) is 55.2 Å². The molecular formula is C15H22ClN3O3. The van der Waals surface area contributed by atoms with E-state index >= 15 is 0 Å². The van der Waals surface area contributed by atoms with E-state index < -0.39 is 17.4 Å². The molecule has 122 valence electrons. The van der Waals surface area contributed by atoms with Crippen LogP contribution in [0.15, 0.2) is 0 Å². The van der Waals surface area contributed by atoms with E-state index in [-0.39, 0.29) is 10.7 Å². The van der Waals surface area contributed by atoms with Gasteiger partial charge in [-0.05, 0) is 38.5 Å². The standard InChI is InChI=1S/C15H22ClN3O3/c1-4-10-5-7-15(8-6-10,14(21)22)17-13(20)12-11(16)9(2)19(3)18-12/h10H,4-8H2,1-3H3,(H,17,20)(H,21,22). The van der Waals surface area contributed by atoms with Crippen molar-refractivity contribution < 1.29 is 14.7 Å². The number of aromatic nitrogens is 2. The van der Waals surface area contributed by atoms with Crippen LogP contribution in [0.4, 0.5) is 0 Å². The van der Waals surface area contributed by atoms with E-state index in [9.17, 15) is 14.7 Å². The highest BCUT2D eigenvalue weighted by Gasteiger charge is 2.43. The molecule has 0 bridgehead atoms. The van der Waals surface area contributed by atoms with Gasteiger partial charge in [-0.3, -0.25) is 9.48 Å². The fraction of sp³-hybridized carbons (Fsp3) is 0.667. The number of nitrogens with one attached hydrogen (secondary N) is 1. The Morgan fingerprint density at radius 2 is 2.05 bits per heavy atom. The Hall–Kier alpha value is -1.56. The number of carboxylic acids is 1. The number of hydrogen-bond donors (Lipinski definition) is 2. The van der Waals surface area contributed by atoms with Crippen molar-refractivity contribution in [1.82, 2.24) is 15.1 Å². The Bertz CT molecular complexity index is 589. The summed E-state index contributed by atoms with van der Waals surface area (Å²) in [6, 6.07) is 0. The van der Waals surface area contributed by atoms with Crippen molar-refractivity contribution in [3.05, 3.63) is 16.4 Å². The summed E-state index contributed by atoms with van der Waals surface area (Å²) in [5, 5.41) is 16.6. The molecule has 0 saturated heterocycles. The van der Waals surface area contributed by atoms with E-state index in [4.69, 9.17) is 11.6 Å². The van der Waals surface area contributed by atoms with E-state index in [0.717, 1.165) is 19.3 Å². The fourth-order valence-corrected chi connectivity index (χ4v) is 3.22. The highest BCUT2D eigenvalue weighted by molar-refractivity contribution is 6.34. The van der Waals surface area contributed by atoms with Crippen LogP contribution in [0.2, 0.25) is 5.02 Å². The van der Waals surface area contributed by atoms with E-state index in [2.05, 4.69) is 17.3 Å². The molecule has 0 radical (unpaired) electrons. The summed E-state index contributed by atoms with van der Waals surface area (Å²) in [7, 11) is 1.69. The number of hydrogen-bond acceptors (Lipinski definition) is 3. The summed E-state index contributed by atoms with van der Waals surface area (Å²) in [5.74, 6) is -0.977. The number of amides is 1. The highest BCUT2D eigenvalue weighted by atomic mass is 35.5. The molecule has 1 aliphatic rings. The first-order valence-electron chi connectivity index (χ1n) is 7.55. The monoisotopic (exact) mass is 327 g/mol. The first kappa shape index (κ1) is 16.8. The summed E-state index contributed by atoms with van der Waals surface area (Å²) >= 11 is 6.11. The minimum absolute atomic E-state index is 0.0832. The van der Waals surface area contributed by atoms with Gasteiger partial charge in [0, 0.05) is 7.05 Å². The molecule has 0 spiro atoms. The van der Waals surface area contributed by atoms with Crippen LogP contribution in [-0.2, 0) is 11.8 Å². The second-order valence-electron chi connectivity index (χ2n) is 6.06. The molecule has 0 atom stereocenters. The quantitative estimate of drug-likeness (QED) is 0.890. The third kappa shape index (κ3) is 2.97. The van der Waals surface area contributed by atoms with E-state index in [1.54, 1.807) is 14.0 Å². The number of aryl methyl sites for hydroxylation is 1. The molecule has 0 aliphatic heterocycles. The molecule has 2 rings (SSSR count). The molecule has 1 fully saturated rings. The average molecular weight is 328 g/mol. The Morgan fingerprint density at radius 1 is 1.45 bits per heavy atom. The Morgan fingerprint density at radius 3 is 2.45 bits per heavy atom. The zero-order chi connectivity index (χ0) is 16.5. The lowest BCUT2D eigenvalue weighted by atomic mass is 9.75. The van der Waals surface area contributed by atoms with Gasteiger partial charge in [-0.25, -0.2) is 4.79 Å². The third-order valence-electron chi connectivity index (χ3n) is 4.77. The van der Waals surface area contributed by atoms with Crippen molar-refractivity contribution in [2.45, 2.75) is 51.5 Å². The Balaban J connectivity index is 2.20. The second kappa shape index (κ2) is 6.28. The maximum Gasteiger partial charge on any atom is 0.329 e. The number of carbonyl (C=O) groups excluding carboxylic acids is 1. The zero-order valence-corrected chi connectivity index (χ0v) is 13.9. The predicted molar refractivity (Wildman–Crippen MR) is 83.0 cm³/mol. The van der Waals surface area contributed by atoms with E-state index in [0.29, 0.717) is 24.5 Å². The molecule has 7 heteroatoms. The maximum atomic E-state index is 12.4. The van der Waals surface area contributed by atoms with Crippen LogP contribution >= 0.6 is 11.6 Å². The topological polar surface area (TPSA) is 84.2 Å². The van der Waals surface area contributed by atoms with Crippen LogP contribution in [0.3, 0.4) is 0 Å². The van der Waals surface area contributed by atoms with Crippen molar-refractivity contribution in [3.8, 4) is 0 Å². The summed E-state index contributed by atoms with van der Waals surface area (Å²) in [5.41, 5.74) is -0.455. The van der Waals surface area contributed by atoms with Gasteiger partial charge < -0.3 is 10.4 Å². The number of carbonyl (C=O) groups is 2. The Kier molecular flexibility index (Phi) is 4.80. The second-order valence-corrected chi connectivity index (χ2v) is 6.44. The molecule has 2 N–H and O–H groups in total. The lowest BCUT2D eigenvalue weighted by Gasteiger charge is -2.37. The van der Waals surface area contributed by atoms with E-state index in [1.807, 2.05) is 0 Å². The van der Waals surface area contributed by atoms with Crippen molar-refractivity contribution in [2.24, 2.45) is 13.0 Å². The summed E-state index contributed by atoms with van der Waals surface area (Å²) < 4.78 is 1.51. The van der Waals surface area contributed by atoms with Gasteiger partial charge in [-0.1, -0.05) is 24.9 Å². The average Bonchev–Trinajstić information content (AvgIpc) is 2.75. The molecule has 22 heavy (non-hydrogen) atoms. The highest BCUT2D eigenvalue weighted by Crippen LogP contribution is 2.34. The molecule has 0 aromatic carbocycles. The SMILES string of the molecule is CCC1CCC(NC(=O)c2nn(C)c(C)c2Cl)(C(=O)O)CC1. The fourth-order valence-electron chi connectivity index (χ4n) is 2.97. The number of rotatable bonds is 4. The van der Waals surface area contributed by atoms with Crippen LogP contribution in [0.5, 0.6) is 0 Å². The number of aliphatic carboxylic acids is 1. The molecular weight excluding hydrogens is 306 g/mol. The lowest BCUT2D eigenvalue weighted by Crippen LogP contribution is -2.56. The number of carboxylic acid groups (broad SMARTS) is 1. The number of nitrogens with zero attached hydrogens (tertiary/aromatic N) is 2. The van der Waals surface area contributed by atoms with Crippen LogP contribution < -0.4 is 5.32 Å². The van der Waals surface area contributed by atoms with E-state index in [1.165, 1.54) is 4.68 Å². The minimum atomic E-state index is -1.21. The van der Waals surface area contributed by atoms with Gasteiger partial charge in [0.1, 0.15) is 5.54 Å². The van der Waals surface area contributed by atoms with Crippen molar-refractivity contribution in [3.63, 3.8) is 0 Å². The maximum absolute atomic E-state index is 12.4. The Labute approximate surface area is 134 Å². The van der Waals surface area contributed by atoms with Gasteiger partial charge in [-0.15, -0.1) is 0 Å². The smallest absolute Gasteiger partial charge is 0.329 e. The normalized spacial score (nSPS) is 25.0. The molecule has 1 heterocycles. The van der Waals surface area contributed by atoms with Crippen molar-refractivity contribution >= 4 is 23.5 Å². The molecule has 6 nitrogen and oxygen atoms in total. The van der Waals surface area contributed by atoms with Gasteiger partial charge in [0.2, 0.25) is 0 Å². The molecule has 1 aromatic heterocycles. The molecule has 1 aliphatic carbocycles. The molecule has 1 amide bonds. The zero-order valence-electron chi connectivity index (χ0n) is 13.1. The summed E-state index contributed by atoms with van der Waals surface area (Å²) in [6.07, 6.45) is 3.52. The summed E-state index contributed by atoms with van der Waals surface area (Å²) in [6.45, 7) is 3.86. The minimum Gasteiger partial charge on any atom is -0.480 e. The van der Waals surface area contributed by atoms with Gasteiger partial charge in [0.05, 0.1) is 10.7 Å². The molecule has 1 aromatic rings. The molecule has 1 saturated carbocycles. The number of halogens is 1. The van der Waals surface area contributed by atoms with Gasteiger partial charge in [0.25, 0.3) is 5.91 Å². The van der Waals surface area contributed by atoms with Crippen LogP contribution in [0, 0.1) is 12.8 Å². The predicted octanol–water partition coefficient (Wildman–Crippen LogP) is 2.54. The molecule has 0 unspecified atom stereocenters. The van der Waals surface area contributed by atoms with Gasteiger partial charge in [0.15, 0.2) is 5.69 Å². The van der Waals surface area contributed by atoms with Crippen molar-refractivity contribution in [1.29, 1.82) is 0 Å². The van der Waals surface area contributed by atoms with Gasteiger partial charge in [-0.2, -0.15) is 5.10 Å². The first-order valence-corrected chi connectivity index (χ1v) is 7.93. The first-order chi connectivity index (χ1) is 10.3. The summed E-state index contributed by atoms with van der Waals surface area (Å²) in [4.78, 5) is 24.1. The lowest BCUT2D eigenvalue weighted by molar-refractivity contribution is -0.146.